The number of nitrogens with zero attached hydrogens (tertiary/aromatic N) is 4. The summed E-state index contributed by atoms with van der Waals surface area (Å²) in [7, 11) is 2.25. The van der Waals surface area contributed by atoms with Crippen molar-refractivity contribution in [1.82, 2.24) is 8.96 Å². The Kier molecular flexibility index (Phi) is 8.52. The van der Waals surface area contributed by atoms with Crippen molar-refractivity contribution in [3.8, 4) is 44.5 Å². The summed E-state index contributed by atoms with van der Waals surface area (Å²) in [4.78, 5) is 4.96. The van der Waals surface area contributed by atoms with Crippen molar-refractivity contribution < 1.29 is 0 Å². The Labute approximate surface area is 424 Å². The fourth-order valence-electron chi connectivity index (χ4n) is 13.2. The third-order valence-corrected chi connectivity index (χ3v) is 16.3. The third kappa shape index (κ3) is 5.69. The van der Waals surface area contributed by atoms with Crippen LogP contribution in [-0.2, 0) is 0 Å². The number of hydrogen-bond donors (Lipinski definition) is 0. The summed E-state index contributed by atoms with van der Waals surface area (Å²) in [5.41, 5.74) is 25.9. The lowest BCUT2D eigenvalue weighted by molar-refractivity contribution is 1.21. The van der Waals surface area contributed by atoms with E-state index in [0.717, 1.165) is 11.4 Å². The van der Waals surface area contributed by atoms with Crippen molar-refractivity contribution in [2.24, 2.45) is 0 Å². The lowest BCUT2D eigenvalue weighted by Gasteiger charge is -2.41. The van der Waals surface area contributed by atoms with Gasteiger partial charge in [-0.25, -0.2) is 0 Å². The number of fused-ring (bicyclic) bond motifs is 12. The predicted molar refractivity (Wildman–Crippen MR) is 311 cm³/mol. The minimum Gasteiger partial charge on any atom is -0.375 e. The molecule has 0 bridgehead atoms. The Hall–Kier alpha value is -9.25. The first-order valence-corrected chi connectivity index (χ1v) is 25.5. The van der Waals surface area contributed by atoms with Gasteiger partial charge in [0.25, 0.3) is 0 Å². The number of para-hydroxylation sites is 6. The molecule has 0 saturated heterocycles. The van der Waals surface area contributed by atoms with Gasteiger partial charge in [0, 0.05) is 90.2 Å². The Bertz CT molecular complexity index is 4410. The van der Waals surface area contributed by atoms with E-state index in [1.165, 1.54) is 127 Å². The highest BCUT2D eigenvalue weighted by atomic mass is 15.2. The van der Waals surface area contributed by atoms with Crippen LogP contribution in [0.1, 0.15) is 0 Å². The molecule has 2 aromatic heterocycles. The van der Waals surface area contributed by atoms with Crippen LogP contribution in [0.2, 0.25) is 0 Å². The van der Waals surface area contributed by atoms with Gasteiger partial charge in [0.05, 0.1) is 0 Å². The molecule has 73 heavy (non-hydrogen) atoms. The second-order valence-corrected chi connectivity index (χ2v) is 20.0. The van der Waals surface area contributed by atoms with Crippen LogP contribution in [0.5, 0.6) is 0 Å². The van der Waals surface area contributed by atoms with Crippen molar-refractivity contribution >= 4 is 108 Å². The molecule has 16 rings (SSSR count). The highest BCUT2D eigenvalue weighted by molar-refractivity contribution is 6.92. The highest BCUT2D eigenvalue weighted by Crippen LogP contribution is 2.48. The molecular weight excluding hydrogens is 882 g/mol. The average Bonchev–Trinajstić information content (AvgIpc) is 3.99. The first-order chi connectivity index (χ1) is 36.2. The van der Waals surface area contributed by atoms with E-state index in [9.17, 15) is 0 Å². The fraction of sp³-hybridized carbons (Fsp3) is 0.0149. The standard InChI is InChI=1S/C67H44B2N4/c1-70(48-24-10-4-11-25-48)62-40-45(43-20-6-2-7-21-43)38-56-54-32-18-30-52-50-28-14-16-34-59(50)72(66(52)54)68(64(56)62)47-36-37-61-58(42-47)69-65-57(55-33-19-31-53-51-29-15-17-35-60(51)73(69)67(53)55)39-46(44-22-8-3-9-23-44)41-63(65)71(61)49-26-12-5-13-27-49/h2-42H,1H3. The molecule has 0 spiro atoms. The first kappa shape index (κ1) is 40.5. The summed E-state index contributed by atoms with van der Waals surface area (Å²) >= 11 is 0. The van der Waals surface area contributed by atoms with Gasteiger partial charge in [-0.1, -0.05) is 187 Å². The van der Waals surface area contributed by atoms with Crippen LogP contribution >= 0.6 is 0 Å². The van der Waals surface area contributed by atoms with Gasteiger partial charge in [-0.15, -0.1) is 0 Å². The molecule has 13 aromatic rings. The maximum absolute atomic E-state index is 2.69. The second kappa shape index (κ2) is 15.4. The normalized spacial score (nSPS) is 12.9. The zero-order chi connectivity index (χ0) is 47.9. The van der Waals surface area contributed by atoms with Crippen molar-refractivity contribution in [2.45, 2.75) is 0 Å². The molecule has 5 heterocycles. The molecule has 0 aliphatic carbocycles. The average molecular weight is 927 g/mol. The van der Waals surface area contributed by atoms with Gasteiger partial charge in [-0.3, -0.25) is 0 Å². The van der Waals surface area contributed by atoms with Gasteiger partial charge in [-0.05, 0) is 116 Å². The fourth-order valence-corrected chi connectivity index (χ4v) is 13.2. The topological polar surface area (TPSA) is 16.3 Å². The minimum absolute atomic E-state index is 0.120. The molecule has 4 nitrogen and oxygen atoms in total. The SMILES string of the molecule is CN(c1ccccc1)c1cc(-c2ccccc2)cc2c1B(c1ccc3c(c1)B1c4c(cc(-c5ccccc5)cc4N3c3ccccc3)-c3cccc4c5ccccc5n1c34)n1c3ccccc3c3cccc-2c31. The largest absolute Gasteiger partial charge is 0.375 e. The Balaban J connectivity index is 1.04. The first-order valence-electron chi connectivity index (χ1n) is 25.5. The van der Waals surface area contributed by atoms with Crippen LogP contribution in [0.4, 0.5) is 28.4 Å². The molecule has 0 radical (unpaired) electrons. The van der Waals surface area contributed by atoms with E-state index in [2.05, 4.69) is 275 Å². The van der Waals surface area contributed by atoms with E-state index in [1.54, 1.807) is 0 Å². The highest BCUT2D eigenvalue weighted by Gasteiger charge is 2.45. The van der Waals surface area contributed by atoms with Gasteiger partial charge in [0.1, 0.15) is 0 Å². The molecule has 0 amide bonds. The molecule has 3 aliphatic rings. The number of aromatic nitrogens is 2. The molecule has 0 N–H and O–H groups in total. The Morgan fingerprint density at radius 1 is 0.356 bits per heavy atom. The number of anilines is 5. The molecule has 11 aromatic carbocycles. The summed E-state index contributed by atoms with van der Waals surface area (Å²) in [6.07, 6.45) is 0. The summed E-state index contributed by atoms with van der Waals surface area (Å²) in [5, 5.41) is 5.11. The summed E-state index contributed by atoms with van der Waals surface area (Å²) in [5.74, 6) is 0. The quantitative estimate of drug-likeness (QED) is 0.155. The monoisotopic (exact) mass is 926 g/mol. The number of rotatable bonds is 6. The van der Waals surface area contributed by atoms with E-state index in [0.29, 0.717) is 0 Å². The Morgan fingerprint density at radius 2 is 0.863 bits per heavy atom. The van der Waals surface area contributed by atoms with Crippen LogP contribution in [0.25, 0.3) is 88.1 Å². The summed E-state index contributed by atoms with van der Waals surface area (Å²) < 4.78 is 5.37. The van der Waals surface area contributed by atoms with Gasteiger partial charge >= 0.3 is 13.7 Å². The molecule has 0 fully saturated rings. The van der Waals surface area contributed by atoms with Crippen LogP contribution in [0, 0.1) is 0 Å². The third-order valence-electron chi connectivity index (χ3n) is 16.3. The lowest BCUT2D eigenvalue weighted by atomic mass is 9.42. The van der Waals surface area contributed by atoms with Crippen molar-refractivity contribution in [2.75, 3.05) is 16.8 Å². The van der Waals surface area contributed by atoms with Gasteiger partial charge in [0.15, 0.2) is 0 Å². The summed E-state index contributed by atoms with van der Waals surface area (Å²) in [6, 6.07) is 93.0. The lowest BCUT2D eigenvalue weighted by Crippen LogP contribution is -2.59. The van der Waals surface area contributed by atoms with Crippen molar-refractivity contribution in [3.05, 3.63) is 249 Å². The summed E-state index contributed by atoms with van der Waals surface area (Å²) in [6.45, 7) is -0.307. The maximum atomic E-state index is 2.69. The minimum atomic E-state index is -0.188. The second-order valence-electron chi connectivity index (χ2n) is 20.0. The smallest absolute Gasteiger partial charge is 0.333 e. The number of hydrogen-bond acceptors (Lipinski definition) is 2. The molecule has 6 heteroatoms. The van der Waals surface area contributed by atoms with Crippen LogP contribution in [0.15, 0.2) is 249 Å². The van der Waals surface area contributed by atoms with Crippen molar-refractivity contribution in [3.63, 3.8) is 0 Å². The van der Waals surface area contributed by atoms with Gasteiger partial charge in [-0.2, -0.15) is 0 Å². The van der Waals surface area contributed by atoms with Crippen molar-refractivity contribution in [1.29, 1.82) is 0 Å². The van der Waals surface area contributed by atoms with Crippen LogP contribution < -0.4 is 31.7 Å². The van der Waals surface area contributed by atoms with E-state index < -0.39 is 0 Å². The molecular formula is C67H44B2N4. The number of benzene rings is 11. The van der Waals surface area contributed by atoms with Gasteiger partial charge in [0.2, 0.25) is 0 Å². The van der Waals surface area contributed by atoms with Crippen LogP contribution in [-0.4, -0.2) is 29.7 Å². The van der Waals surface area contributed by atoms with Crippen LogP contribution in [0.3, 0.4) is 0 Å². The van der Waals surface area contributed by atoms with E-state index >= 15 is 0 Å². The molecule has 3 aliphatic heterocycles. The molecule has 0 unspecified atom stereocenters. The van der Waals surface area contributed by atoms with E-state index in [1.807, 2.05) is 0 Å². The predicted octanol–water partition coefficient (Wildman–Crippen LogP) is 14.1. The zero-order valence-electron chi connectivity index (χ0n) is 40.1. The maximum Gasteiger partial charge on any atom is 0.333 e. The zero-order valence-corrected chi connectivity index (χ0v) is 40.1. The van der Waals surface area contributed by atoms with E-state index in [-0.39, 0.29) is 13.7 Å². The molecule has 0 atom stereocenters. The molecule has 338 valence electrons. The van der Waals surface area contributed by atoms with Gasteiger partial charge < -0.3 is 18.8 Å². The molecule has 0 saturated carbocycles. The Morgan fingerprint density at radius 3 is 1.48 bits per heavy atom. The van der Waals surface area contributed by atoms with E-state index in [4.69, 9.17) is 0 Å².